The standard InChI is InChI=1S/C34H27N5OS/c1-40-31-24-22-28(23-25-31)35-32-38(29-18-10-4-11-19-29)33(26-14-6-2-7-15-26)34(41-32,27-16-8-3-9-17-27)37-39(36-33)30-20-12-5-13-21-30/h2-25H,1H3/t33-,34+/m0/s1. The van der Waals surface area contributed by atoms with Gasteiger partial charge in [0.05, 0.1) is 12.8 Å². The first kappa shape index (κ1) is 25.1. The first-order valence-corrected chi connectivity index (χ1v) is 14.2. The molecule has 6 nitrogen and oxygen atoms in total. The quantitative estimate of drug-likeness (QED) is 0.198. The number of benzene rings is 5. The zero-order chi connectivity index (χ0) is 27.7. The van der Waals surface area contributed by atoms with Gasteiger partial charge in [-0.05, 0) is 47.5 Å². The maximum atomic E-state index is 5.52. The normalized spacial score (nSPS) is 22.2. The molecule has 2 heterocycles. The first-order valence-electron chi connectivity index (χ1n) is 13.4. The Morgan fingerprint density at radius 3 is 1.88 bits per heavy atom. The SMILES string of the molecule is COc1ccc(N=C2S[C@@]3(c4ccccc4)[N-][N+](c4ccccc4)=N[C@@]3(c3ccccc3)N2c2ccccc2)cc1. The molecule has 2 aliphatic rings. The highest BCUT2D eigenvalue weighted by atomic mass is 32.2. The van der Waals surface area contributed by atoms with Crippen LogP contribution in [0.2, 0.25) is 0 Å². The monoisotopic (exact) mass is 553 g/mol. The van der Waals surface area contributed by atoms with Gasteiger partial charge in [-0.3, -0.25) is 0 Å². The number of nitrogens with zero attached hydrogens (tertiary/aromatic N) is 5. The third-order valence-corrected chi connectivity index (χ3v) is 8.70. The molecule has 41 heavy (non-hydrogen) atoms. The maximum absolute atomic E-state index is 5.52. The van der Waals surface area contributed by atoms with Crippen LogP contribution in [0.15, 0.2) is 156 Å². The van der Waals surface area contributed by atoms with E-state index in [0.717, 1.165) is 39.1 Å². The van der Waals surface area contributed by atoms with Crippen LogP contribution >= 0.6 is 11.8 Å². The van der Waals surface area contributed by atoms with Crippen molar-refractivity contribution >= 4 is 34.0 Å². The molecule has 0 amide bonds. The van der Waals surface area contributed by atoms with Crippen molar-refractivity contribution in [1.29, 1.82) is 0 Å². The summed E-state index contributed by atoms with van der Waals surface area (Å²) in [5.74, 6) is 0.787. The number of anilines is 1. The second-order valence-corrected chi connectivity index (χ2v) is 10.9. The van der Waals surface area contributed by atoms with Gasteiger partial charge in [0.1, 0.15) is 10.6 Å². The molecular formula is C34H27N5OS. The first-order chi connectivity index (χ1) is 20.2. The third kappa shape index (κ3) is 4.08. The number of fused-ring (bicyclic) bond motifs is 1. The number of rotatable bonds is 6. The Kier molecular flexibility index (Phi) is 6.29. The van der Waals surface area contributed by atoms with Crippen molar-refractivity contribution in [3.05, 3.63) is 162 Å². The molecule has 0 aliphatic carbocycles. The van der Waals surface area contributed by atoms with E-state index in [0.29, 0.717) is 0 Å². The molecule has 1 fully saturated rings. The Bertz CT molecular complexity index is 1710. The summed E-state index contributed by atoms with van der Waals surface area (Å²) in [6.07, 6.45) is 0. The Balaban J connectivity index is 1.55. The van der Waals surface area contributed by atoms with Gasteiger partial charge in [-0.15, -0.1) is 4.81 Å². The summed E-state index contributed by atoms with van der Waals surface area (Å²) >= 11 is 1.62. The van der Waals surface area contributed by atoms with Crippen LogP contribution in [0, 0.1) is 0 Å². The van der Waals surface area contributed by atoms with Gasteiger partial charge in [-0.2, -0.15) is 10.5 Å². The van der Waals surface area contributed by atoms with E-state index in [1.165, 1.54) is 0 Å². The number of methoxy groups -OCH3 is 1. The van der Waals surface area contributed by atoms with Gasteiger partial charge in [-0.1, -0.05) is 109 Å². The van der Waals surface area contributed by atoms with E-state index in [1.807, 2.05) is 84.9 Å². The number of para-hydroxylation sites is 2. The van der Waals surface area contributed by atoms with Crippen LogP contribution in [0.5, 0.6) is 5.75 Å². The van der Waals surface area contributed by atoms with E-state index in [-0.39, 0.29) is 0 Å². The minimum atomic E-state index is -0.983. The zero-order valence-corrected chi connectivity index (χ0v) is 23.2. The molecule has 7 heteroatoms. The van der Waals surface area contributed by atoms with Gasteiger partial charge >= 0.3 is 0 Å². The lowest BCUT2D eigenvalue weighted by atomic mass is 9.85. The molecule has 1 saturated heterocycles. The highest BCUT2D eigenvalue weighted by molar-refractivity contribution is 8.15. The largest absolute Gasteiger partial charge is 0.497 e. The predicted molar refractivity (Wildman–Crippen MR) is 165 cm³/mol. The fourth-order valence-electron chi connectivity index (χ4n) is 5.46. The molecule has 0 radical (unpaired) electrons. The topological polar surface area (TPSA) is 54.3 Å². The van der Waals surface area contributed by atoms with E-state index >= 15 is 0 Å². The molecular weight excluding hydrogens is 526 g/mol. The maximum Gasteiger partial charge on any atom is 0.225 e. The summed E-state index contributed by atoms with van der Waals surface area (Å²) in [5, 5.41) is 6.32. The number of azo groups is 1. The number of ether oxygens (including phenoxy) is 1. The molecule has 2 aliphatic heterocycles. The molecule has 0 unspecified atom stereocenters. The van der Waals surface area contributed by atoms with Crippen LogP contribution in [0.25, 0.3) is 5.43 Å². The van der Waals surface area contributed by atoms with Crippen molar-refractivity contribution in [1.82, 2.24) is 0 Å². The van der Waals surface area contributed by atoms with Crippen LogP contribution in [0.4, 0.5) is 17.1 Å². The molecule has 0 spiro atoms. The van der Waals surface area contributed by atoms with E-state index < -0.39 is 10.5 Å². The van der Waals surface area contributed by atoms with Crippen molar-refractivity contribution in [2.24, 2.45) is 10.1 Å². The average Bonchev–Trinajstić information content (AvgIpc) is 3.53. The van der Waals surface area contributed by atoms with Crippen LogP contribution in [-0.4, -0.2) is 17.1 Å². The van der Waals surface area contributed by atoms with E-state index in [4.69, 9.17) is 20.3 Å². The summed E-state index contributed by atoms with van der Waals surface area (Å²) in [5.41, 5.74) is 9.22. The van der Waals surface area contributed by atoms with Gasteiger partial charge in [0.25, 0.3) is 0 Å². The number of thioether (sulfide) groups is 1. The van der Waals surface area contributed by atoms with Crippen LogP contribution in [-0.2, 0) is 10.5 Å². The molecule has 5 aromatic rings. The summed E-state index contributed by atoms with van der Waals surface area (Å²) in [6.45, 7) is 0. The third-order valence-electron chi connectivity index (χ3n) is 7.34. The smallest absolute Gasteiger partial charge is 0.225 e. The Morgan fingerprint density at radius 2 is 1.27 bits per heavy atom. The van der Waals surface area contributed by atoms with Gasteiger partial charge in [0, 0.05) is 17.8 Å². The highest BCUT2D eigenvalue weighted by Crippen LogP contribution is 2.68. The molecule has 200 valence electrons. The molecule has 2 atom stereocenters. The number of amidine groups is 1. The zero-order valence-electron chi connectivity index (χ0n) is 22.4. The predicted octanol–water partition coefficient (Wildman–Crippen LogP) is 8.74. The van der Waals surface area contributed by atoms with Crippen molar-refractivity contribution in [2.45, 2.75) is 10.5 Å². The summed E-state index contributed by atoms with van der Waals surface area (Å²) in [6, 6.07) is 49.1. The van der Waals surface area contributed by atoms with E-state index in [1.54, 1.807) is 23.7 Å². The second-order valence-electron chi connectivity index (χ2n) is 9.74. The van der Waals surface area contributed by atoms with Crippen LogP contribution < -0.4 is 9.64 Å². The number of hydrogen-bond acceptors (Lipinski definition) is 4. The van der Waals surface area contributed by atoms with Crippen molar-refractivity contribution < 1.29 is 9.54 Å². The Hall–Kier alpha value is -4.88. The van der Waals surface area contributed by atoms with Crippen molar-refractivity contribution in [3.8, 4) is 5.75 Å². The molecule has 5 aromatic carbocycles. The Labute approximate surface area is 243 Å². The highest BCUT2D eigenvalue weighted by Gasteiger charge is 2.67. The minimum absolute atomic E-state index is 0.787. The van der Waals surface area contributed by atoms with Gasteiger partial charge in [0.15, 0.2) is 10.8 Å². The lowest BCUT2D eigenvalue weighted by molar-refractivity contribution is -0.456. The minimum Gasteiger partial charge on any atom is -0.497 e. The van der Waals surface area contributed by atoms with Gasteiger partial charge in [-0.25, -0.2) is 4.99 Å². The summed E-state index contributed by atoms with van der Waals surface area (Å²) in [4.78, 5) is 8.39. The fraction of sp³-hybridized carbons (Fsp3) is 0.0882. The van der Waals surface area contributed by atoms with Crippen molar-refractivity contribution in [3.63, 3.8) is 0 Å². The molecule has 7 rings (SSSR count). The molecule has 0 saturated carbocycles. The fourth-order valence-corrected chi connectivity index (χ4v) is 6.97. The summed E-state index contributed by atoms with van der Waals surface area (Å²) < 4.78 is 5.39. The molecule has 0 bridgehead atoms. The lowest BCUT2D eigenvalue weighted by Crippen LogP contribution is -2.50. The van der Waals surface area contributed by atoms with Gasteiger partial charge in [0.2, 0.25) is 5.69 Å². The van der Waals surface area contributed by atoms with Crippen LogP contribution in [0.3, 0.4) is 0 Å². The number of aliphatic imine (C=N–C) groups is 1. The van der Waals surface area contributed by atoms with Crippen LogP contribution in [0.1, 0.15) is 11.1 Å². The van der Waals surface area contributed by atoms with Crippen molar-refractivity contribution in [2.75, 3.05) is 12.0 Å². The van der Waals surface area contributed by atoms with E-state index in [2.05, 4.69) is 65.6 Å². The second kappa shape index (κ2) is 10.3. The summed E-state index contributed by atoms with van der Waals surface area (Å²) in [7, 11) is 1.67. The Morgan fingerprint density at radius 1 is 0.707 bits per heavy atom. The number of hydrogen-bond donors (Lipinski definition) is 0. The van der Waals surface area contributed by atoms with E-state index in [9.17, 15) is 0 Å². The molecule has 0 aromatic heterocycles. The lowest BCUT2D eigenvalue weighted by Gasteiger charge is -2.43. The van der Waals surface area contributed by atoms with Gasteiger partial charge < -0.3 is 9.64 Å². The molecule has 0 N–H and O–H groups in total. The average molecular weight is 554 g/mol.